The van der Waals surface area contributed by atoms with E-state index in [-0.39, 0.29) is 11.9 Å². The van der Waals surface area contributed by atoms with E-state index >= 15 is 0 Å². The van der Waals surface area contributed by atoms with Crippen LogP contribution in [-0.2, 0) is 0 Å². The van der Waals surface area contributed by atoms with Gasteiger partial charge in [0.05, 0.1) is 0 Å². The lowest BCUT2D eigenvalue weighted by Crippen LogP contribution is -2.34. The number of carbonyl (C=O) groups excluding carboxylic acids is 1. The maximum absolute atomic E-state index is 11.8. The fraction of sp³-hybridized carbons (Fsp3) is 0.538. The van der Waals surface area contributed by atoms with Crippen molar-refractivity contribution in [1.29, 1.82) is 0 Å². The third kappa shape index (κ3) is 4.43. The van der Waals surface area contributed by atoms with Gasteiger partial charge in [-0.1, -0.05) is 26.3 Å². The fourth-order valence-corrected chi connectivity index (χ4v) is 1.70. The number of nitrogens with two attached hydrogens (primary N) is 1. The van der Waals surface area contributed by atoms with Gasteiger partial charge in [0.25, 0.3) is 5.91 Å². The molecule has 94 valence electrons. The number of carbonyl (C=O) groups is 1. The number of nitrogens with zero attached hydrogens (tertiary/aromatic N) is 1. The van der Waals surface area contributed by atoms with Crippen LogP contribution in [0.25, 0.3) is 0 Å². The molecule has 4 nitrogen and oxygen atoms in total. The van der Waals surface area contributed by atoms with Gasteiger partial charge >= 0.3 is 0 Å². The first-order valence-corrected chi connectivity index (χ1v) is 6.06. The summed E-state index contributed by atoms with van der Waals surface area (Å²) < 4.78 is 0. The fourth-order valence-electron chi connectivity index (χ4n) is 1.70. The van der Waals surface area contributed by atoms with Crippen LogP contribution >= 0.6 is 0 Å². The second-order valence-electron chi connectivity index (χ2n) is 4.57. The Labute approximate surface area is 103 Å². The lowest BCUT2D eigenvalue weighted by Gasteiger charge is -2.17. The van der Waals surface area contributed by atoms with Crippen molar-refractivity contribution < 1.29 is 4.79 Å². The summed E-state index contributed by atoms with van der Waals surface area (Å²) in [6.07, 6.45) is 2.10. The molecule has 0 radical (unpaired) electrons. The molecule has 0 bridgehead atoms. The standard InChI is InChI=1S/C13H21N3O/c1-4-9(2)8-10(3)15-13(17)11-6-5-7-12(14)16-11/h5-7,9-10H,4,8H2,1-3H3,(H2,14,16)(H,15,17). The van der Waals surface area contributed by atoms with E-state index in [2.05, 4.69) is 24.1 Å². The number of rotatable bonds is 5. The number of anilines is 1. The van der Waals surface area contributed by atoms with E-state index in [0.29, 0.717) is 17.4 Å². The smallest absolute Gasteiger partial charge is 0.270 e. The molecule has 17 heavy (non-hydrogen) atoms. The van der Waals surface area contributed by atoms with Gasteiger partial charge < -0.3 is 11.1 Å². The largest absolute Gasteiger partial charge is 0.384 e. The number of hydrogen-bond donors (Lipinski definition) is 2. The topological polar surface area (TPSA) is 68.0 Å². The molecule has 3 N–H and O–H groups in total. The Morgan fingerprint density at radius 2 is 2.18 bits per heavy atom. The summed E-state index contributed by atoms with van der Waals surface area (Å²) in [6.45, 7) is 6.34. The van der Waals surface area contributed by atoms with Crippen LogP contribution in [0.1, 0.15) is 44.1 Å². The van der Waals surface area contributed by atoms with Crippen LogP contribution in [0.2, 0.25) is 0 Å². The molecule has 0 saturated heterocycles. The second kappa shape index (κ2) is 6.23. The van der Waals surface area contributed by atoms with Gasteiger partial charge in [0.1, 0.15) is 11.5 Å². The van der Waals surface area contributed by atoms with Crippen LogP contribution in [0.5, 0.6) is 0 Å². The lowest BCUT2D eigenvalue weighted by atomic mass is 10.0. The van der Waals surface area contributed by atoms with Gasteiger partial charge in [-0.3, -0.25) is 4.79 Å². The molecule has 1 rings (SSSR count). The highest BCUT2D eigenvalue weighted by molar-refractivity contribution is 5.92. The normalized spacial score (nSPS) is 14.1. The zero-order valence-corrected chi connectivity index (χ0v) is 10.7. The molecule has 0 aliphatic carbocycles. The molecule has 2 atom stereocenters. The highest BCUT2D eigenvalue weighted by atomic mass is 16.1. The van der Waals surface area contributed by atoms with E-state index < -0.39 is 0 Å². The number of aromatic nitrogens is 1. The average Bonchev–Trinajstić information content (AvgIpc) is 2.28. The van der Waals surface area contributed by atoms with Crippen molar-refractivity contribution in [2.75, 3.05) is 5.73 Å². The highest BCUT2D eigenvalue weighted by Gasteiger charge is 2.12. The van der Waals surface area contributed by atoms with Gasteiger partial charge in [0.2, 0.25) is 0 Å². The zero-order chi connectivity index (χ0) is 12.8. The monoisotopic (exact) mass is 235 g/mol. The molecule has 0 aromatic carbocycles. The predicted molar refractivity (Wildman–Crippen MR) is 69.6 cm³/mol. The summed E-state index contributed by atoms with van der Waals surface area (Å²) in [5.74, 6) is 0.819. The van der Waals surface area contributed by atoms with Gasteiger partial charge in [-0.15, -0.1) is 0 Å². The second-order valence-corrected chi connectivity index (χ2v) is 4.57. The number of nitrogen functional groups attached to an aromatic ring is 1. The van der Waals surface area contributed by atoms with E-state index in [4.69, 9.17) is 5.73 Å². The van der Waals surface area contributed by atoms with Crippen LogP contribution in [-0.4, -0.2) is 16.9 Å². The molecule has 1 amide bonds. The molecule has 4 heteroatoms. The van der Waals surface area contributed by atoms with Gasteiger partial charge in [-0.25, -0.2) is 4.98 Å². The minimum absolute atomic E-state index is 0.153. The Kier molecular flexibility index (Phi) is 4.94. The molecule has 0 aliphatic rings. The molecule has 2 unspecified atom stereocenters. The molecule has 1 aromatic rings. The molecule has 1 aromatic heterocycles. The van der Waals surface area contributed by atoms with E-state index in [1.54, 1.807) is 18.2 Å². The van der Waals surface area contributed by atoms with Crippen LogP contribution in [0.4, 0.5) is 5.82 Å². The molecular weight excluding hydrogens is 214 g/mol. The third-order valence-electron chi connectivity index (χ3n) is 2.83. The summed E-state index contributed by atoms with van der Waals surface area (Å²) in [5.41, 5.74) is 5.91. The van der Waals surface area contributed by atoms with Crippen molar-refractivity contribution in [2.24, 2.45) is 5.92 Å². The van der Waals surface area contributed by atoms with E-state index in [0.717, 1.165) is 12.8 Å². The van der Waals surface area contributed by atoms with Crippen molar-refractivity contribution in [3.05, 3.63) is 23.9 Å². The molecule has 0 saturated carbocycles. The quantitative estimate of drug-likeness (QED) is 0.822. The maximum Gasteiger partial charge on any atom is 0.270 e. The molecule has 0 spiro atoms. The lowest BCUT2D eigenvalue weighted by molar-refractivity contribution is 0.0930. The van der Waals surface area contributed by atoms with Crippen LogP contribution in [0.15, 0.2) is 18.2 Å². The summed E-state index contributed by atoms with van der Waals surface area (Å²) >= 11 is 0. The predicted octanol–water partition coefficient (Wildman–Crippen LogP) is 2.22. The van der Waals surface area contributed by atoms with Crippen molar-refractivity contribution in [1.82, 2.24) is 10.3 Å². The van der Waals surface area contributed by atoms with Crippen molar-refractivity contribution in [2.45, 2.75) is 39.7 Å². The Bertz CT molecular complexity index is 379. The van der Waals surface area contributed by atoms with Crippen LogP contribution in [0, 0.1) is 5.92 Å². The summed E-state index contributed by atoms with van der Waals surface area (Å²) in [4.78, 5) is 15.8. The molecule has 1 heterocycles. The average molecular weight is 235 g/mol. The minimum Gasteiger partial charge on any atom is -0.384 e. The highest BCUT2D eigenvalue weighted by Crippen LogP contribution is 2.10. The molecular formula is C13H21N3O. The SMILES string of the molecule is CCC(C)CC(C)NC(=O)c1cccc(N)n1. The molecule has 0 fully saturated rings. The van der Waals surface area contributed by atoms with E-state index in [1.165, 1.54) is 0 Å². The number of pyridine rings is 1. The number of hydrogen-bond acceptors (Lipinski definition) is 3. The van der Waals surface area contributed by atoms with E-state index in [1.807, 2.05) is 6.92 Å². The van der Waals surface area contributed by atoms with Crippen molar-refractivity contribution >= 4 is 11.7 Å². The third-order valence-corrected chi connectivity index (χ3v) is 2.83. The van der Waals surface area contributed by atoms with Gasteiger partial charge in [0.15, 0.2) is 0 Å². The number of nitrogens with one attached hydrogen (secondary N) is 1. The van der Waals surface area contributed by atoms with Crippen LogP contribution in [0.3, 0.4) is 0 Å². The van der Waals surface area contributed by atoms with Gasteiger partial charge in [-0.2, -0.15) is 0 Å². The maximum atomic E-state index is 11.8. The summed E-state index contributed by atoms with van der Waals surface area (Å²) in [7, 11) is 0. The van der Waals surface area contributed by atoms with Gasteiger partial charge in [0, 0.05) is 6.04 Å². The molecule has 0 aliphatic heterocycles. The zero-order valence-electron chi connectivity index (χ0n) is 10.7. The Balaban J connectivity index is 2.54. The Hall–Kier alpha value is -1.58. The first kappa shape index (κ1) is 13.5. The van der Waals surface area contributed by atoms with Crippen LogP contribution < -0.4 is 11.1 Å². The number of amides is 1. The Morgan fingerprint density at radius 3 is 2.76 bits per heavy atom. The first-order valence-electron chi connectivity index (χ1n) is 6.06. The van der Waals surface area contributed by atoms with Crippen molar-refractivity contribution in [3.8, 4) is 0 Å². The van der Waals surface area contributed by atoms with Crippen molar-refractivity contribution in [3.63, 3.8) is 0 Å². The Morgan fingerprint density at radius 1 is 1.47 bits per heavy atom. The summed E-state index contributed by atoms with van der Waals surface area (Å²) in [5, 5.41) is 2.93. The first-order chi connectivity index (χ1) is 8.02. The van der Waals surface area contributed by atoms with Gasteiger partial charge in [-0.05, 0) is 31.4 Å². The summed E-state index contributed by atoms with van der Waals surface area (Å²) in [6, 6.07) is 5.22. The minimum atomic E-state index is -0.159. The van der Waals surface area contributed by atoms with E-state index in [9.17, 15) is 4.79 Å².